The molecule has 1 fully saturated rings. The molecule has 102 valence electrons. The number of phenolic OH excluding ortho intramolecular Hbond substituents is 1. The Labute approximate surface area is 117 Å². The Balaban J connectivity index is 1.71. The SMILES string of the molecule is O=C1OC(Cc2ccccc2)CN1c1ccc(O)cc1. The third kappa shape index (κ3) is 2.59. The fourth-order valence-corrected chi connectivity index (χ4v) is 2.35. The van der Waals surface area contributed by atoms with Crippen LogP contribution in [0.1, 0.15) is 5.56 Å². The van der Waals surface area contributed by atoms with E-state index in [9.17, 15) is 9.90 Å². The van der Waals surface area contributed by atoms with Crippen molar-refractivity contribution in [3.8, 4) is 5.75 Å². The van der Waals surface area contributed by atoms with Crippen LogP contribution in [0.15, 0.2) is 54.6 Å². The molecule has 2 aromatic carbocycles. The summed E-state index contributed by atoms with van der Waals surface area (Å²) in [4.78, 5) is 13.5. The van der Waals surface area contributed by atoms with E-state index in [0.29, 0.717) is 13.0 Å². The quantitative estimate of drug-likeness (QED) is 0.932. The first-order valence-electron chi connectivity index (χ1n) is 6.53. The van der Waals surface area contributed by atoms with Crippen molar-refractivity contribution in [1.29, 1.82) is 0 Å². The summed E-state index contributed by atoms with van der Waals surface area (Å²) in [7, 11) is 0. The van der Waals surface area contributed by atoms with E-state index in [2.05, 4.69) is 0 Å². The topological polar surface area (TPSA) is 49.8 Å². The first kappa shape index (κ1) is 12.5. The smallest absolute Gasteiger partial charge is 0.414 e. The highest BCUT2D eigenvalue weighted by Gasteiger charge is 2.32. The van der Waals surface area contributed by atoms with E-state index in [4.69, 9.17) is 4.74 Å². The third-order valence-electron chi connectivity index (χ3n) is 3.34. The van der Waals surface area contributed by atoms with Crippen molar-refractivity contribution in [1.82, 2.24) is 0 Å². The van der Waals surface area contributed by atoms with Gasteiger partial charge in [0.1, 0.15) is 11.9 Å². The standard InChI is InChI=1S/C16H15NO3/c18-14-8-6-13(7-9-14)17-11-15(20-16(17)19)10-12-4-2-1-3-5-12/h1-9,15,18H,10-11H2. The normalized spacial score (nSPS) is 18.1. The van der Waals surface area contributed by atoms with Gasteiger partial charge in [-0.3, -0.25) is 4.90 Å². The van der Waals surface area contributed by atoms with Gasteiger partial charge < -0.3 is 9.84 Å². The Morgan fingerprint density at radius 1 is 1.10 bits per heavy atom. The molecule has 1 N–H and O–H groups in total. The molecule has 1 atom stereocenters. The molecular formula is C16H15NO3. The van der Waals surface area contributed by atoms with Crippen LogP contribution in [0.2, 0.25) is 0 Å². The van der Waals surface area contributed by atoms with Gasteiger partial charge in [-0.05, 0) is 29.8 Å². The maximum absolute atomic E-state index is 11.9. The van der Waals surface area contributed by atoms with Gasteiger partial charge in [0.05, 0.1) is 6.54 Å². The number of ether oxygens (including phenoxy) is 1. The lowest BCUT2D eigenvalue weighted by Crippen LogP contribution is -2.24. The minimum atomic E-state index is -0.336. The second-order valence-electron chi connectivity index (χ2n) is 4.82. The summed E-state index contributed by atoms with van der Waals surface area (Å²) in [5.41, 5.74) is 1.89. The minimum absolute atomic E-state index is 0.140. The van der Waals surface area contributed by atoms with Gasteiger partial charge in [0.15, 0.2) is 0 Å². The van der Waals surface area contributed by atoms with Gasteiger partial charge in [0.25, 0.3) is 0 Å². The van der Waals surface area contributed by atoms with Crippen LogP contribution in [-0.4, -0.2) is 23.8 Å². The summed E-state index contributed by atoms with van der Waals surface area (Å²) in [5, 5.41) is 9.28. The number of carbonyl (C=O) groups is 1. The number of carbonyl (C=O) groups excluding carboxylic acids is 1. The Bertz CT molecular complexity index is 595. The van der Waals surface area contributed by atoms with Gasteiger partial charge in [-0.25, -0.2) is 4.79 Å². The van der Waals surface area contributed by atoms with Crippen LogP contribution < -0.4 is 4.90 Å². The summed E-state index contributed by atoms with van der Waals surface area (Å²) in [6, 6.07) is 16.5. The number of benzene rings is 2. The molecule has 0 aliphatic carbocycles. The molecule has 0 saturated carbocycles. The van der Waals surface area contributed by atoms with Crippen LogP contribution in [0.4, 0.5) is 10.5 Å². The van der Waals surface area contributed by atoms with E-state index in [1.54, 1.807) is 29.2 Å². The molecule has 1 heterocycles. The highest BCUT2D eigenvalue weighted by atomic mass is 16.6. The van der Waals surface area contributed by atoms with Crippen LogP contribution >= 0.6 is 0 Å². The summed E-state index contributed by atoms with van der Waals surface area (Å²) in [6.07, 6.45) is 0.233. The molecule has 3 rings (SSSR count). The molecule has 4 nitrogen and oxygen atoms in total. The molecule has 0 radical (unpaired) electrons. The van der Waals surface area contributed by atoms with E-state index in [0.717, 1.165) is 11.3 Å². The van der Waals surface area contributed by atoms with Crippen molar-refractivity contribution in [3.63, 3.8) is 0 Å². The average molecular weight is 269 g/mol. The Kier molecular flexibility index (Phi) is 3.29. The minimum Gasteiger partial charge on any atom is -0.508 e. The van der Waals surface area contributed by atoms with Gasteiger partial charge in [-0.15, -0.1) is 0 Å². The number of amides is 1. The lowest BCUT2D eigenvalue weighted by atomic mass is 10.1. The van der Waals surface area contributed by atoms with Crippen molar-refractivity contribution >= 4 is 11.8 Å². The van der Waals surface area contributed by atoms with Gasteiger partial charge in [-0.1, -0.05) is 30.3 Å². The number of anilines is 1. The van der Waals surface area contributed by atoms with Crippen molar-refractivity contribution in [2.75, 3.05) is 11.4 Å². The Morgan fingerprint density at radius 3 is 2.50 bits per heavy atom. The Hall–Kier alpha value is -2.49. The Morgan fingerprint density at radius 2 is 1.80 bits per heavy atom. The number of rotatable bonds is 3. The zero-order chi connectivity index (χ0) is 13.9. The van der Waals surface area contributed by atoms with Crippen molar-refractivity contribution < 1.29 is 14.6 Å². The highest BCUT2D eigenvalue weighted by molar-refractivity contribution is 5.89. The summed E-state index contributed by atoms with van der Waals surface area (Å²) < 4.78 is 5.39. The fraction of sp³-hybridized carbons (Fsp3) is 0.188. The summed E-state index contributed by atoms with van der Waals surface area (Å²) in [5.74, 6) is 0.183. The van der Waals surface area contributed by atoms with Crippen LogP contribution in [0, 0.1) is 0 Å². The summed E-state index contributed by atoms with van der Waals surface area (Å²) >= 11 is 0. The lowest BCUT2D eigenvalue weighted by Gasteiger charge is -2.12. The molecule has 4 heteroatoms. The van der Waals surface area contributed by atoms with E-state index < -0.39 is 0 Å². The zero-order valence-electron chi connectivity index (χ0n) is 10.9. The molecule has 0 aromatic heterocycles. The molecule has 1 unspecified atom stereocenters. The van der Waals surface area contributed by atoms with Crippen LogP contribution in [-0.2, 0) is 11.2 Å². The number of phenols is 1. The lowest BCUT2D eigenvalue weighted by molar-refractivity contribution is 0.141. The molecule has 2 aromatic rings. The van der Waals surface area contributed by atoms with Gasteiger partial charge in [-0.2, -0.15) is 0 Å². The van der Waals surface area contributed by atoms with E-state index in [1.165, 1.54) is 0 Å². The van der Waals surface area contributed by atoms with E-state index in [1.807, 2.05) is 30.3 Å². The first-order valence-corrected chi connectivity index (χ1v) is 6.53. The summed E-state index contributed by atoms with van der Waals surface area (Å²) in [6.45, 7) is 0.526. The van der Waals surface area contributed by atoms with Crippen molar-refractivity contribution in [2.45, 2.75) is 12.5 Å². The number of aromatic hydroxyl groups is 1. The van der Waals surface area contributed by atoms with E-state index in [-0.39, 0.29) is 17.9 Å². The molecule has 1 saturated heterocycles. The van der Waals surface area contributed by atoms with Crippen molar-refractivity contribution in [3.05, 3.63) is 60.2 Å². The van der Waals surface area contributed by atoms with Gasteiger partial charge in [0.2, 0.25) is 0 Å². The first-order chi connectivity index (χ1) is 9.72. The molecule has 1 aliphatic heterocycles. The molecule has 0 bridgehead atoms. The predicted octanol–water partition coefficient (Wildman–Crippen LogP) is 2.96. The van der Waals surface area contributed by atoms with Crippen LogP contribution in [0.3, 0.4) is 0 Å². The number of nitrogens with zero attached hydrogens (tertiary/aromatic N) is 1. The van der Waals surface area contributed by atoms with Gasteiger partial charge in [0, 0.05) is 12.1 Å². The molecule has 1 aliphatic rings. The predicted molar refractivity (Wildman–Crippen MR) is 75.9 cm³/mol. The molecule has 20 heavy (non-hydrogen) atoms. The van der Waals surface area contributed by atoms with Gasteiger partial charge >= 0.3 is 6.09 Å². The monoisotopic (exact) mass is 269 g/mol. The van der Waals surface area contributed by atoms with Crippen LogP contribution in [0.25, 0.3) is 0 Å². The second kappa shape index (κ2) is 5.25. The molecule has 0 spiro atoms. The molecular weight excluding hydrogens is 254 g/mol. The highest BCUT2D eigenvalue weighted by Crippen LogP contribution is 2.24. The number of hydrogen-bond acceptors (Lipinski definition) is 3. The number of cyclic esters (lactones) is 1. The maximum Gasteiger partial charge on any atom is 0.414 e. The second-order valence-corrected chi connectivity index (χ2v) is 4.82. The molecule has 1 amide bonds. The van der Waals surface area contributed by atoms with Crippen LogP contribution in [0.5, 0.6) is 5.75 Å². The maximum atomic E-state index is 11.9. The average Bonchev–Trinajstić information content (AvgIpc) is 2.81. The largest absolute Gasteiger partial charge is 0.508 e. The van der Waals surface area contributed by atoms with E-state index >= 15 is 0 Å². The zero-order valence-corrected chi connectivity index (χ0v) is 10.9. The fourth-order valence-electron chi connectivity index (χ4n) is 2.35. The van der Waals surface area contributed by atoms with Crippen molar-refractivity contribution in [2.24, 2.45) is 0 Å². The number of hydrogen-bond donors (Lipinski definition) is 1. The third-order valence-corrected chi connectivity index (χ3v) is 3.34.